The normalized spacial score (nSPS) is 23.9. The second-order valence-corrected chi connectivity index (χ2v) is 7.37. The third-order valence-electron chi connectivity index (χ3n) is 5.48. The molecule has 0 unspecified atom stereocenters. The Kier molecular flexibility index (Phi) is 4.21. The molecule has 23 heavy (non-hydrogen) atoms. The highest BCUT2D eigenvalue weighted by Crippen LogP contribution is 2.58. The van der Waals surface area contributed by atoms with E-state index in [2.05, 4.69) is 17.3 Å². The summed E-state index contributed by atoms with van der Waals surface area (Å²) in [7, 11) is 1.89. The summed E-state index contributed by atoms with van der Waals surface area (Å²) in [5.41, 5.74) is -0.394. The van der Waals surface area contributed by atoms with Crippen molar-refractivity contribution in [2.24, 2.45) is 5.41 Å². The van der Waals surface area contributed by atoms with Crippen LogP contribution >= 0.6 is 0 Å². The minimum absolute atomic E-state index is 0.0998. The van der Waals surface area contributed by atoms with Crippen LogP contribution in [0.3, 0.4) is 0 Å². The van der Waals surface area contributed by atoms with E-state index in [4.69, 9.17) is 0 Å². The van der Waals surface area contributed by atoms with Gasteiger partial charge in [0.1, 0.15) is 0 Å². The van der Waals surface area contributed by atoms with Gasteiger partial charge in [-0.3, -0.25) is 4.68 Å². The van der Waals surface area contributed by atoms with Crippen LogP contribution in [0.4, 0.5) is 13.2 Å². The number of nitrogens with zero attached hydrogens (tertiary/aromatic N) is 3. The number of halogens is 3. The predicted molar refractivity (Wildman–Crippen MR) is 82.0 cm³/mol. The van der Waals surface area contributed by atoms with Crippen LogP contribution in [0.15, 0.2) is 12.4 Å². The van der Waals surface area contributed by atoms with E-state index in [1.165, 1.54) is 0 Å². The molecule has 1 aliphatic heterocycles. The Hall–Kier alpha value is -1.08. The van der Waals surface area contributed by atoms with Gasteiger partial charge in [-0.25, -0.2) is 0 Å². The summed E-state index contributed by atoms with van der Waals surface area (Å²) in [5, 5.41) is 7.56. The fourth-order valence-electron chi connectivity index (χ4n) is 3.48. The molecule has 1 aromatic heterocycles. The fraction of sp³-hybridized carbons (Fsp3) is 0.812. The lowest BCUT2D eigenvalue weighted by molar-refractivity contribution is -0.193. The molecule has 4 nitrogen and oxygen atoms in total. The number of hydrogen-bond acceptors (Lipinski definition) is 3. The summed E-state index contributed by atoms with van der Waals surface area (Å²) in [6, 6.07) is 0. The van der Waals surface area contributed by atoms with Crippen LogP contribution in [0, 0.1) is 5.41 Å². The maximum absolute atomic E-state index is 13.1. The number of rotatable bonds is 5. The first kappa shape index (κ1) is 16.8. The molecule has 0 aromatic carbocycles. The van der Waals surface area contributed by atoms with Crippen molar-refractivity contribution >= 4 is 0 Å². The average Bonchev–Trinajstić information content (AvgIpc) is 3.12. The van der Waals surface area contributed by atoms with E-state index in [1.54, 1.807) is 0 Å². The molecule has 0 bridgehead atoms. The second kappa shape index (κ2) is 5.77. The Balaban J connectivity index is 1.59. The van der Waals surface area contributed by atoms with E-state index in [0.29, 0.717) is 13.1 Å². The van der Waals surface area contributed by atoms with Crippen molar-refractivity contribution in [3.63, 3.8) is 0 Å². The van der Waals surface area contributed by atoms with Crippen LogP contribution < -0.4 is 5.32 Å². The molecule has 0 radical (unpaired) electrons. The predicted octanol–water partition coefficient (Wildman–Crippen LogP) is 2.76. The van der Waals surface area contributed by atoms with Gasteiger partial charge < -0.3 is 10.2 Å². The van der Waals surface area contributed by atoms with Gasteiger partial charge in [-0.15, -0.1) is 0 Å². The van der Waals surface area contributed by atoms with E-state index in [-0.39, 0.29) is 24.9 Å². The van der Waals surface area contributed by atoms with Gasteiger partial charge in [0, 0.05) is 37.9 Å². The maximum atomic E-state index is 13.1. The molecule has 0 amide bonds. The molecular weight excluding hydrogens is 305 g/mol. The molecule has 130 valence electrons. The first-order chi connectivity index (χ1) is 10.8. The zero-order valence-corrected chi connectivity index (χ0v) is 13.8. The van der Waals surface area contributed by atoms with E-state index < -0.39 is 11.6 Å². The summed E-state index contributed by atoms with van der Waals surface area (Å²) >= 11 is 0. The lowest BCUT2D eigenvalue weighted by atomic mass is 9.89. The van der Waals surface area contributed by atoms with Gasteiger partial charge in [-0.05, 0) is 39.7 Å². The van der Waals surface area contributed by atoms with Crippen molar-refractivity contribution in [1.29, 1.82) is 0 Å². The Morgan fingerprint density at radius 3 is 2.39 bits per heavy atom. The van der Waals surface area contributed by atoms with Crippen LogP contribution in [-0.4, -0.2) is 47.5 Å². The highest BCUT2D eigenvalue weighted by Gasteiger charge is 2.63. The summed E-state index contributed by atoms with van der Waals surface area (Å²) in [6.07, 6.45) is 2.09. The second-order valence-electron chi connectivity index (χ2n) is 7.37. The summed E-state index contributed by atoms with van der Waals surface area (Å²) in [6.45, 7) is 4.50. The zero-order valence-electron chi connectivity index (χ0n) is 13.8. The molecule has 1 aliphatic carbocycles. The van der Waals surface area contributed by atoms with Gasteiger partial charge in [0.2, 0.25) is 0 Å². The van der Waals surface area contributed by atoms with E-state index in [9.17, 15) is 13.2 Å². The van der Waals surface area contributed by atoms with Crippen molar-refractivity contribution in [3.05, 3.63) is 18.0 Å². The molecule has 1 saturated carbocycles. The minimum Gasteiger partial charge on any atom is -0.316 e. The molecule has 1 N–H and O–H groups in total. The fourth-order valence-corrected chi connectivity index (χ4v) is 3.48. The van der Waals surface area contributed by atoms with Crippen LogP contribution in [0.25, 0.3) is 0 Å². The van der Waals surface area contributed by atoms with Crippen molar-refractivity contribution < 1.29 is 13.2 Å². The number of nitrogens with one attached hydrogen (secondary N) is 1. The summed E-state index contributed by atoms with van der Waals surface area (Å²) < 4.78 is 41.3. The SMILES string of the molecule is CNCc1cnn(C2(C)CCN(CC3(C(F)(F)F)CC3)CC2)c1. The smallest absolute Gasteiger partial charge is 0.316 e. The van der Waals surface area contributed by atoms with Crippen molar-refractivity contribution in [2.75, 3.05) is 26.7 Å². The van der Waals surface area contributed by atoms with Crippen LogP contribution in [0.1, 0.15) is 38.2 Å². The number of piperidine rings is 1. The van der Waals surface area contributed by atoms with Crippen molar-refractivity contribution in [2.45, 2.75) is 50.9 Å². The van der Waals surface area contributed by atoms with Crippen LogP contribution in [0.5, 0.6) is 0 Å². The number of likely N-dealkylation sites (tertiary alicyclic amines) is 1. The molecule has 1 aromatic rings. The van der Waals surface area contributed by atoms with Gasteiger partial charge in [0.05, 0.1) is 17.2 Å². The highest BCUT2D eigenvalue weighted by molar-refractivity contribution is 5.07. The maximum Gasteiger partial charge on any atom is 0.395 e. The Bertz CT molecular complexity index is 540. The molecular formula is C16H25F3N4. The molecule has 2 fully saturated rings. The van der Waals surface area contributed by atoms with E-state index in [1.807, 2.05) is 29.0 Å². The largest absolute Gasteiger partial charge is 0.395 e. The molecule has 2 aliphatic rings. The van der Waals surface area contributed by atoms with Crippen LogP contribution in [-0.2, 0) is 12.1 Å². The average molecular weight is 330 g/mol. The molecule has 7 heteroatoms. The lowest BCUT2D eigenvalue weighted by Crippen LogP contribution is -2.48. The van der Waals surface area contributed by atoms with Gasteiger partial charge in [-0.2, -0.15) is 18.3 Å². The van der Waals surface area contributed by atoms with Crippen LogP contribution in [0.2, 0.25) is 0 Å². The van der Waals surface area contributed by atoms with Gasteiger partial charge in [0.25, 0.3) is 0 Å². The number of aromatic nitrogens is 2. The topological polar surface area (TPSA) is 33.1 Å². The first-order valence-electron chi connectivity index (χ1n) is 8.26. The third-order valence-corrected chi connectivity index (χ3v) is 5.48. The number of hydrogen-bond donors (Lipinski definition) is 1. The number of alkyl halides is 3. The van der Waals surface area contributed by atoms with E-state index >= 15 is 0 Å². The first-order valence-corrected chi connectivity index (χ1v) is 8.26. The van der Waals surface area contributed by atoms with Gasteiger partial charge >= 0.3 is 6.18 Å². The highest BCUT2D eigenvalue weighted by atomic mass is 19.4. The van der Waals surface area contributed by atoms with Gasteiger partial charge in [-0.1, -0.05) is 0 Å². The Morgan fingerprint density at radius 1 is 1.22 bits per heavy atom. The monoisotopic (exact) mass is 330 g/mol. The molecule has 3 rings (SSSR count). The summed E-state index contributed by atoms with van der Waals surface area (Å²) in [4.78, 5) is 1.99. The third kappa shape index (κ3) is 3.26. The van der Waals surface area contributed by atoms with Crippen molar-refractivity contribution in [1.82, 2.24) is 20.0 Å². The van der Waals surface area contributed by atoms with Crippen molar-refractivity contribution in [3.8, 4) is 0 Å². The molecule has 2 heterocycles. The Labute approximate surface area is 135 Å². The molecule has 0 spiro atoms. The minimum atomic E-state index is -4.06. The zero-order chi connectivity index (χ0) is 16.7. The quantitative estimate of drug-likeness (QED) is 0.901. The standard InChI is InChI=1S/C16H25F3N4/c1-14(23-11-13(9-20-2)10-21-23)5-7-22(8-6-14)12-15(3-4-15)16(17,18)19/h10-11,20H,3-9,12H2,1-2H3. The summed E-state index contributed by atoms with van der Waals surface area (Å²) in [5.74, 6) is 0. The van der Waals surface area contributed by atoms with Gasteiger partial charge in [0.15, 0.2) is 0 Å². The van der Waals surface area contributed by atoms with E-state index in [0.717, 1.165) is 24.9 Å². The molecule has 1 saturated heterocycles. The molecule has 0 atom stereocenters. The Morgan fingerprint density at radius 2 is 1.87 bits per heavy atom. The lowest BCUT2D eigenvalue weighted by Gasteiger charge is -2.41.